The lowest BCUT2D eigenvalue weighted by molar-refractivity contribution is 0.336. The summed E-state index contributed by atoms with van der Waals surface area (Å²) in [5.41, 5.74) is 0. The zero-order valence-electron chi connectivity index (χ0n) is 12.8. The van der Waals surface area contributed by atoms with Crippen LogP contribution < -0.4 is 5.32 Å². The van der Waals surface area contributed by atoms with Crippen LogP contribution in [0.15, 0.2) is 0 Å². The van der Waals surface area contributed by atoms with Crippen LogP contribution in [-0.4, -0.2) is 13.1 Å². The molecular weight excluding hydrogens is 218 g/mol. The number of hydrogen-bond acceptors (Lipinski definition) is 1. The van der Waals surface area contributed by atoms with Crippen LogP contribution in [0.5, 0.6) is 0 Å². The average Bonchev–Trinajstić information content (AvgIpc) is 2.82. The largest absolute Gasteiger partial charge is 0.316 e. The maximum atomic E-state index is 3.63. The standard InChI is InChI=1S/C17H35N/c1-3-5-6-7-8-9-11-16-12-10-13-17(16)15-18-14-4-2/h16-18H,3-15H2,1-2H3. The minimum atomic E-state index is 0.993. The molecular formula is C17H35N. The molecule has 1 heteroatoms. The molecule has 1 saturated carbocycles. The summed E-state index contributed by atoms with van der Waals surface area (Å²) in [5.74, 6) is 2.03. The summed E-state index contributed by atoms with van der Waals surface area (Å²) in [6.45, 7) is 7.05. The van der Waals surface area contributed by atoms with Crippen molar-refractivity contribution in [2.75, 3.05) is 13.1 Å². The average molecular weight is 253 g/mol. The van der Waals surface area contributed by atoms with Crippen LogP contribution in [0.4, 0.5) is 0 Å². The molecule has 0 saturated heterocycles. The molecule has 2 atom stereocenters. The Kier molecular flexibility index (Phi) is 9.65. The maximum Gasteiger partial charge on any atom is -0.00179 e. The Bertz CT molecular complexity index is 178. The molecule has 0 aromatic carbocycles. The molecule has 1 N–H and O–H groups in total. The van der Waals surface area contributed by atoms with E-state index >= 15 is 0 Å². The van der Waals surface area contributed by atoms with Crippen molar-refractivity contribution in [3.8, 4) is 0 Å². The van der Waals surface area contributed by atoms with Crippen molar-refractivity contribution in [3.63, 3.8) is 0 Å². The van der Waals surface area contributed by atoms with Gasteiger partial charge in [0.05, 0.1) is 0 Å². The lowest BCUT2D eigenvalue weighted by atomic mass is 9.90. The van der Waals surface area contributed by atoms with Crippen molar-refractivity contribution in [2.24, 2.45) is 11.8 Å². The molecule has 1 rings (SSSR count). The summed E-state index contributed by atoms with van der Waals surface area (Å²) in [5, 5.41) is 3.63. The lowest BCUT2D eigenvalue weighted by Gasteiger charge is -2.20. The minimum Gasteiger partial charge on any atom is -0.316 e. The highest BCUT2D eigenvalue weighted by Gasteiger charge is 2.25. The Morgan fingerprint density at radius 2 is 1.56 bits per heavy atom. The highest BCUT2D eigenvalue weighted by atomic mass is 14.9. The first-order valence-corrected chi connectivity index (χ1v) is 8.59. The Balaban J connectivity index is 2.01. The fraction of sp³-hybridized carbons (Fsp3) is 1.00. The molecule has 0 amide bonds. The van der Waals surface area contributed by atoms with E-state index in [1.807, 2.05) is 0 Å². The Morgan fingerprint density at radius 3 is 2.33 bits per heavy atom. The van der Waals surface area contributed by atoms with Crippen molar-refractivity contribution >= 4 is 0 Å². The first kappa shape index (κ1) is 16.0. The fourth-order valence-electron chi connectivity index (χ4n) is 3.41. The second kappa shape index (κ2) is 10.8. The SMILES string of the molecule is CCCCCCCCC1CCCC1CNCCC. The Hall–Kier alpha value is -0.0400. The van der Waals surface area contributed by atoms with Gasteiger partial charge in [0.25, 0.3) is 0 Å². The van der Waals surface area contributed by atoms with Crippen LogP contribution in [0.1, 0.15) is 84.5 Å². The van der Waals surface area contributed by atoms with Crippen LogP contribution in [0.3, 0.4) is 0 Å². The molecule has 0 aliphatic heterocycles. The summed E-state index contributed by atoms with van der Waals surface area (Å²) >= 11 is 0. The molecule has 0 spiro atoms. The molecule has 0 heterocycles. The van der Waals surface area contributed by atoms with Crippen molar-refractivity contribution < 1.29 is 0 Å². The van der Waals surface area contributed by atoms with Gasteiger partial charge in [-0.1, -0.05) is 71.6 Å². The monoisotopic (exact) mass is 253 g/mol. The van der Waals surface area contributed by atoms with E-state index in [0.29, 0.717) is 0 Å². The molecule has 1 aliphatic carbocycles. The van der Waals surface area contributed by atoms with E-state index in [4.69, 9.17) is 0 Å². The number of hydrogen-bond donors (Lipinski definition) is 1. The van der Waals surface area contributed by atoms with Gasteiger partial charge in [-0.3, -0.25) is 0 Å². The minimum absolute atomic E-state index is 0.993. The molecule has 0 aromatic heterocycles. The first-order valence-electron chi connectivity index (χ1n) is 8.59. The summed E-state index contributed by atoms with van der Waals surface area (Å²) in [6.07, 6.45) is 16.0. The van der Waals surface area contributed by atoms with E-state index in [0.717, 1.165) is 11.8 Å². The highest BCUT2D eigenvalue weighted by Crippen LogP contribution is 2.35. The van der Waals surface area contributed by atoms with Gasteiger partial charge >= 0.3 is 0 Å². The van der Waals surface area contributed by atoms with Crippen molar-refractivity contribution in [3.05, 3.63) is 0 Å². The second-order valence-electron chi connectivity index (χ2n) is 6.21. The second-order valence-corrected chi connectivity index (χ2v) is 6.21. The van der Waals surface area contributed by atoms with Crippen LogP contribution in [0.25, 0.3) is 0 Å². The highest BCUT2D eigenvalue weighted by molar-refractivity contribution is 4.79. The van der Waals surface area contributed by atoms with E-state index in [1.54, 1.807) is 0 Å². The quantitative estimate of drug-likeness (QED) is 0.502. The van der Waals surface area contributed by atoms with Crippen LogP contribution in [0.2, 0.25) is 0 Å². The van der Waals surface area contributed by atoms with E-state index in [1.165, 1.54) is 83.7 Å². The van der Waals surface area contributed by atoms with E-state index < -0.39 is 0 Å². The zero-order valence-corrected chi connectivity index (χ0v) is 12.8. The Morgan fingerprint density at radius 1 is 0.833 bits per heavy atom. The van der Waals surface area contributed by atoms with Gasteiger partial charge in [0, 0.05) is 0 Å². The summed E-state index contributed by atoms with van der Waals surface area (Å²) < 4.78 is 0. The van der Waals surface area contributed by atoms with Gasteiger partial charge in [0.1, 0.15) is 0 Å². The molecule has 108 valence electrons. The topological polar surface area (TPSA) is 12.0 Å². The van der Waals surface area contributed by atoms with Gasteiger partial charge in [0.2, 0.25) is 0 Å². The lowest BCUT2D eigenvalue weighted by Crippen LogP contribution is -2.25. The van der Waals surface area contributed by atoms with Crippen molar-refractivity contribution in [1.29, 1.82) is 0 Å². The third kappa shape index (κ3) is 6.78. The summed E-state index contributed by atoms with van der Waals surface area (Å²) in [6, 6.07) is 0. The molecule has 0 bridgehead atoms. The third-order valence-electron chi connectivity index (χ3n) is 4.58. The van der Waals surface area contributed by atoms with Gasteiger partial charge < -0.3 is 5.32 Å². The smallest absolute Gasteiger partial charge is 0.00179 e. The van der Waals surface area contributed by atoms with Crippen LogP contribution >= 0.6 is 0 Å². The molecule has 1 fully saturated rings. The predicted molar refractivity (Wildman–Crippen MR) is 82.0 cm³/mol. The van der Waals surface area contributed by atoms with Gasteiger partial charge in [-0.05, 0) is 37.8 Å². The normalized spacial score (nSPS) is 23.7. The zero-order chi connectivity index (χ0) is 13.1. The summed E-state index contributed by atoms with van der Waals surface area (Å²) in [7, 11) is 0. The predicted octanol–water partition coefficient (Wildman–Crippen LogP) is 5.15. The number of unbranched alkanes of at least 4 members (excludes halogenated alkanes) is 5. The Labute approximate surface area is 115 Å². The van der Waals surface area contributed by atoms with Gasteiger partial charge in [-0.2, -0.15) is 0 Å². The molecule has 0 radical (unpaired) electrons. The molecule has 1 aliphatic rings. The van der Waals surface area contributed by atoms with Gasteiger partial charge in [-0.15, -0.1) is 0 Å². The van der Waals surface area contributed by atoms with E-state index in [9.17, 15) is 0 Å². The third-order valence-corrected chi connectivity index (χ3v) is 4.58. The number of nitrogens with one attached hydrogen (secondary N) is 1. The maximum absolute atomic E-state index is 3.63. The fourth-order valence-corrected chi connectivity index (χ4v) is 3.41. The first-order chi connectivity index (χ1) is 8.88. The van der Waals surface area contributed by atoms with E-state index in [-0.39, 0.29) is 0 Å². The van der Waals surface area contributed by atoms with Crippen LogP contribution in [0, 0.1) is 11.8 Å². The molecule has 18 heavy (non-hydrogen) atoms. The summed E-state index contributed by atoms with van der Waals surface area (Å²) in [4.78, 5) is 0. The van der Waals surface area contributed by atoms with Crippen LogP contribution in [-0.2, 0) is 0 Å². The van der Waals surface area contributed by atoms with Crippen molar-refractivity contribution in [1.82, 2.24) is 5.32 Å². The van der Waals surface area contributed by atoms with Gasteiger partial charge in [-0.25, -0.2) is 0 Å². The molecule has 0 aromatic rings. The van der Waals surface area contributed by atoms with E-state index in [2.05, 4.69) is 19.2 Å². The molecule has 1 nitrogen and oxygen atoms in total. The number of rotatable bonds is 11. The van der Waals surface area contributed by atoms with Gasteiger partial charge in [0.15, 0.2) is 0 Å². The molecule has 2 unspecified atom stereocenters. The van der Waals surface area contributed by atoms with Crippen molar-refractivity contribution in [2.45, 2.75) is 84.5 Å².